The van der Waals surface area contributed by atoms with Gasteiger partial charge in [-0.05, 0) is 0 Å². The van der Waals surface area contributed by atoms with Crippen LogP contribution in [0.25, 0.3) is 11.1 Å². The molecule has 3 rings (SSSR count). The number of hydrogen-bond donors (Lipinski definition) is 1. The summed E-state index contributed by atoms with van der Waals surface area (Å²) in [4.78, 5) is 16.1. The van der Waals surface area contributed by atoms with Crippen molar-refractivity contribution in [1.29, 1.82) is 10.5 Å². The van der Waals surface area contributed by atoms with Crippen molar-refractivity contribution in [3.8, 4) is 29.1 Å². The van der Waals surface area contributed by atoms with Crippen molar-refractivity contribution >= 4 is 27.2 Å². The third-order valence-electron chi connectivity index (χ3n) is 4.22. The molecular formula is C22H15AsN4O2. The Morgan fingerprint density at radius 2 is 1.83 bits per heavy atom. The fourth-order valence-corrected chi connectivity index (χ4v) is 3.39. The van der Waals surface area contributed by atoms with Crippen LogP contribution in [-0.2, 0) is 6.61 Å². The Kier molecular flexibility index (Phi) is 6.29. The van der Waals surface area contributed by atoms with Crippen molar-refractivity contribution in [2.45, 2.75) is 6.61 Å². The molecule has 0 bridgehead atoms. The van der Waals surface area contributed by atoms with Gasteiger partial charge in [0.15, 0.2) is 0 Å². The number of aromatic nitrogens is 1. The molecule has 1 heterocycles. The SMILES string of the molecule is CNC(=O)c1cccc(COc2nc([As])c(C#N)c(-c3ccccc3)c2C#N)c1. The van der Waals surface area contributed by atoms with Crippen LogP contribution >= 0.6 is 0 Å². The van der Waals surface area contributed by atoms with Crippen LogP contribution in [0.5, 0.6) is 5.88 Å². The molecule has 29 heavy (non-hydrogen) atoms. The first-order chi connectivity index (χ1) is 14.1. The molecule has 140 valence electrons. The monoisotopic (exact) mass is 442 g/mol. The van der Waals surface area contributed by atoms with Gasteiger partial charge in [-0.15, -0.1) is 0 Å². The molecule has 0 aliphatic heterocycles. The average Bonchev–Trinajstić information content (AvgIpc) is 2.77. The van der Waals surface area contributed by atoms with E-state index in [2.05, 4.69) is 39.3 Å². The molecule has 0 saturated heterocycles. The summed E-state index contributed by atoms with van der Waals surface area (Å²) in [7, 11) is 1.57. The Hall–Kier alpha value is -3.60. The maximum atomic E-state index is 11.8. The van der Waals surface area contributed by atoms with Gasteiger partial charge in [0.25, 0.3) is 0 Å². The van der Waals surface area contributed by atoms with Crippen LogP contribution in [0.3, 0.4) is 0 Å². The van der Waals surface area contributed by atoms with Crippen LogP contribution < -0.4 is 14.5 Å². The predicted molar refractivity (Wildman–Crippen MR) is 109 cm³/mol. The normalized spacial score (nSPS) is 9.93. The number of amides is 1. The van der Waals surface area contributed by atoms with Gasteiger partial charge >= 0.3 is 177 Å². The maximum absolute atomic E-state index is 11.8. The Bertz CT molecular complexity index is 1150. The first kappa shape index (κ1) is 20.1. The first-order valence-electron chi connectivity index (χ1n) is 8.65. The number of nitriles is 2. The van der Waals surface area contributed by atoms with Crippen LogP contribution in [-0.4, -0.2) is 34.8 Å². The Morgan fingerprint density at radius 3 is 2.48 bits per heavy atom. The van der Waals surface area contributed by atoms with E-state index in [1.807, 2.05) is 36.4 Å². The summed E-state index contributed by atoms with van der Waals surface area (Å²) >= 11 is 2.25. The summed E-state index contributed by atoms with van der Waals surface area (Å²) in [6, 6.07) is 20.5. The van der Waals surface area contributed by atoms with Gasteiger partial charge in [-0.2, -0.15) is 0 Å². The molecule has 6 nitrogen and oxygen atoms in total. The van der Waals surface area contributed by atoms with Gasteiger partial charge in [0.2, 0.25) is 0 Å². The number of nitrogens with one attached hydrogen (secondary N) is 1. The summed E-state index contributed by atoms with van der Waals surface area (Å²) in [5, 5.41) is 22.0. The molecule has 1 amide bonds. The summed E-state index contributed by atoms with van der Waals surface area (Å²) in [5.74, 6) is -0.0492. The molecule has 1 aromatic heterocycles. The Labute approximate surface area is 177 Å². The molecule has 0 spiro atoms. The standard InChI is InChI=1S/C22H15AsN4O2/c1-26-21(28)16-9-5-6-14(10-16)13-29-22-18(12-25)19(15-7-3-2-4-8-15)17(11-24)20(23)27-22/h2-10H,13H2,1H3,(H,26,28). The van der Waals surface area contributed by atoms with Crippen LogP contribution in [0.2, 0.25) is 0 Å². The van der Waals surface area contributed by atoms with Crippen LogP contribution in [0.4, 0.5) is 0 Å². The number of hydrogen-bond acceptors (Lipinski definition) is 5. The zero-order chi connectivity index (χ0) is 20.8. The second-order valence-corrected chi connectivity index (χ2v) is 6.91. The van der Waals surface area contributed by atoms with Crippen molar-refractivity contribution < 1.29 is 9.53 Å². The van der Waals surface area contributed by atoms with E-state index in [1.54, 1.807) is 25.2 Å². The molecule has 2 radical (unpaired) electrons. The molecular weight excluding hydrogens is 427 g/mol. The van der Waals surface area contributed by atoms with Crippen LogP contribution in [0.1, 0.15) is 27.0 Å². The van der Waals surface area contributed by atoms with E-state index in [0.29, 0.717) is 21.2 Å². The van der Waals surface area contributed by atoms with E-state index in [4.69, 9.17) is 4.74 Å². The van der Waals surface area contributed by atoms with E-state index in [9.17, 15) is 15.3 Å². The second-order valence-electron chi connectivity index (χ2n) is 6.02. The molecule has 0 aliphatic rings. The van der Waals surface area contributed by atoms with Crippen LogP contribution in [0, 0.1) is 22.7 Å². The fraction of sp³-hybridized carbons (Fsp3) is 0.0909. The number of carbonyl (C=O) groups is 1. The second kappa shape index (κ2) is 9.06. The van der Waals surface area contributed by atoms with E-state index in [0.717, 1.165) is 11.1 Å². The summed E-state index contributed by atoms with van der Waals surface area (Å²) in [6.07, 6.45) is 0. The molecule has 2 aromatic carbocycles. The molecule has 0 atom stereocenters. The number of carbonyl (C=O) groups excluding carboxylic acids is 1. The van der Waals surface area contributed by atoms with Gasteiger partial charge in [0.1, 0.15) is 0 Å². The number of ether oxygens (including phenoxy) is 1. The minimum absolute atomic E-state index is 0.124. The Morgan fingerprint density at radius 1 is 1.10 bits per heavy atom. The Balaban J connectivity index is 2.01. The molecule has 0 fully saturated rings. The van der Waals surface area contributed by atoms with Crippen molar-refractivity contribution in [2.24, 2.45) is 0 Å². The first-order valence-corrected chi connectivity index (χ1v) is 9.59. The van der Waals surface area contributed by atoms with Gasteiger partial charge < -0.3 is 0 Å². The minimum atomic E-state index is -0.194. The van der Waals surface area contributed by atoms with Crippen molar-refractivity contribution in [1.82, 2.24) is 10.3 Å². The molecule has 3 aromatic rings. The topological polar surface area (TPSA) is 98.8 Å². The van der Waals surface area contributed by atoms with Gasteiger partial charge in [-0.25, -0.2) is 0 Å². The van der Waals surface area contributed by atoms with Gasteiger partial charge in [0.05, 0.1) is 0 Å². The van der Waals surface area contributed by atoms with Crippen molar-refractivity contribution in [3.05, 3.63) is 76.9 Å². The molecule has 0 saturated carbocycles. The predicted octanol–water partition coefficient (Wildman–Crippen LogP) is 2.22. The van der Waals surface area contributed by atoms with Gasteiger partial charge in [-0.3, -0.25) is 0 Å². The summed E-state index contributed by atoms with van der Waals surface area (Å²) in [5.41, 5.74) is 3.03. The molecule has 1 N–H and O–H groups in total. The average molecular weight is 442 g/mol. The summed E-state index contributed by atoms with van der Waals surface area (Å²) in [6.45, 7) is 0.124. The third-order valence-corrected chi connectivity index (χ3v) is 4.90. The van der Waals surface area contributed by atoms with E-state index in [-0.39, 0.29) is 24.0 Å². The van der Waals surface area contributed by atoms with Crippen molar-refractivity contribution in [3.63, 3.8) is 0 Å². The molecule has 0 unspecified atom stereocenters. The van der Waals surface area contributed by atoms with E-state index >= 15 is 0 Å². The molecule has 7 heteroatoms. The third kappa shape index (κ3) is 4.29. The zero-order valence-corrected chi connectivity index (χ0v) is 17.4. The number of pyridine rings is 1. The van der Waals surface area contributed by atoms with Gasteiger partial charge in [-0.1, -0.05) is 0 Å². The quantitative estimate of drug-likeness (QED) is 0.611. The summed E-state index contributed by atoms with van der Waals surface area (Å²) < 4.78 is 6.26. The molecule has 0 aliphatic carbocycles. The number of nitrogens with zero attached hydrogens (tertiary/aromatic N) is 3. The van der Waals surface area contributed by atoms with Crippen molar-refractivity contribution in [2.75, 3.05) is 7.05 Å². The van der Waals surface area contributed by atoms with E-state index < -0.39 is 0 Å². The number of rotatable bonds is 5. The van der Waals surface area contributed by atoms with Gasteiger partial charge in [0, 0.05) is 0 Å². The number of benzene rings is 2. The zero-order valence-electron chi connectivity index (χ0n) is 15.5. The van der Waals surface area contributed by atoms with E-state index in [1.165, 1.54) is 0 Å². The fourth-order valence-electron chi connectivity index (χ4n) is 2.86. The van der Waals surface area contributed by atoms with Crippen LogP contribution in [0.15, 0.2) is 54.6 Å².